The van der Waals surface area contributed by atoms with Crippen molar-refractivity contribution in [3.8, 4) is 0 Å². The fraction of sp³-hybridized carbons (Fsp3) is 0.529. The molecule has 1 aliphatic rings. The zero-order valence-electron chi connectivity index (χ0n) is 14.6. The van der Waals surface area contributed by atoms with Crippen molar-refractivity contribution in [2.45, 2.75) is 39.3 Å². The van der Waals surface area contributed by atoms with Crippen LogP contribution in [0.5, 0.6) is 0 Å². The molecule has 1 fully saturated rings. The lowest BCUT2D eigenvalue weighted by Crippen LogP contribution is -2.52. The molecule has 0 aliphatic carbocycles. The van der Waals surface area contributed by atoms with E-state index in [1.54, 1.807) is 23.1 Å². The number of carbonyl (C=O) groups excluding carboxylic acids is 2. The highest BCUT2D eigenvalue weighted by atomic mass is 35.5. The third-order valence-electron chi connectivity index (χ3n) is 3.71. The first-order valence-corrected chi connectivity index (χ1v) is 8.45. The molecule has 0 saturated carbocycles. The normalized spacial score (nSPS) is 18.2. The van der Waals surface area contributed by atoms with Crippen LogP contribution >= 0.6 is 11.6 Å². The minimum Gasteiger partial charge on any atom is -0.333 e. The SMILES string of the molecule is C[C@@H]1CNCCN1C(=O)c1cc(NC(=O)NC(C)(C)C)ccc1Cl. The van der Waals surface area contributed by atoms with Gasteiger partial charge in [0.05, 0.1) is 10.6 Å². The average Bonchev–Trinajstić information content (AvgIpc) is 2.47. The molecule has 1 saturated heterocycles. The van der Waals surface area contributed by atoms with Crippen molar-refractivity contribution >= 4 is 29.2 Å². The molecular weight excluding hydrogens is 328 g/mol. The molecule has 0 spiro atoms. The van der Waals surface area contributed by atoms with Crippen molar-refractivity contribution < 1.29 is 9.59 Å². The van der Waals surface area contributed by atoms with Crippen molar-refractivity contribution in [3.63, 3.8) is 0 Å². The number of rotatable bonds is 2. The lowest BCUT2D eigenvalue weighted by molar-refractivity contribution is 0.0656. The van der Waals surface area contributed by atoms with Gasteiger partial charge in [0.15, 0.2) is 0 Å². The van der Waals surface area contributed by atoms with Gasteiger partial charge in [-0.1, -0.05) is 11.6 Å². The number of piperazine rings is 1. The molecule has 1 aliphatic heterocycles. The van der Waals surface area contributed by atoms with Gasteiger partial charge in [-0.3, -0.25) is 4.79 Å². The maximum atomic E-state index is 12.8. The van der Waals surface area contributed by atoms with Crippen LogP contribution in [0.1, 0.15) is 38.1 Å². The fourth-order valence-electron chi connectivity index (χ4n) is 2.57. The Labute approximate surface area is 147 Å². The van der Waals surface area contributed by atoms with Gasteiger partial charge in [-0.05, 0) is 45.9 Å². The number of carbonyl (C=O) groups is 2. The van der Waals surface area contributed by atoms with Crippen molar-refractivity contribution in [1.29, 1.82) is 0 Å². The van der Waals surface area contributed by atoms with Crippen molar-refractivity contribution in [1.82, 2.24) is 15.5 Å². The maximum absolute atomic E-state index is 12.8. The Morgan fingerprint density at radius 1 is 1.33 bits per heavy atom. The van der Waals surface area contributed by atoms with E-state index >= 15 is 0 Å². The highest BCUT2D eigenvalue weighted by molar-refractivity contribution is 6.34. The summed E-state index contributed by atoms with van der Waals surface area (Å²) in [6.07, 6.45) is 0. The van der Waals surface area contributed by atoms with Gasteiger partial charge in [-0.2, -0.15) is 0 Å². The van der Waals surface area contributed by atoms with Gasteiger partial charge in [0.2, 0.25) is 0 Å². The van der Waals surface area contributed by atoms with Gasteiger partial charge in [0.1, 0.15) is 0 Å². The third kappa shape index (κ3) is 4.85. The summed E-state index contributed by atoms with van der Waals surface area (Å²) in [5.41, 5.74) is 0.594. The first kappa shape index (κ1) is 18.5. The molecule has 1 aromatic rings. The number of nitrogens with zero attached hydrogens (tertiary/aromatic N) is 1. The Morgan fingerprint density at radius 2 is 2.04 bits per heavy atom. The van der Waals surface area contributed by atoms with Crippen LogP contribution < -0.4 is 16.0 Å². The molecule has 0 unspecified atom stereocenters. The van der Waals surface area contributed by atoms with E-state index < -0.39 is 0 Å². The Balaban J connectivity index is 2.16. The number of nitrogens with one attached hydrogen (secondary N) is 3. The zero-order valence-corrected chi connectivity index (χ0v) is 15.3. The van der Waals surface area contributed by atoms with Gasteiger partial charge < -0.3 is 20.9 Å². The quantitative estimate of drug-likeness (QED) is 0.766. The number of urea groups is 1. The summed E-state index contributed by atoms with van der Waals surface area (Å²) in [4.78, 5) is 26.6. The number of anilines is 1. The number of amides is 3. The first-order valence-electron chi connectivity index (χ1n) is 8.08. The standard InChI is InChI=1S/C17H25ClN4O2/c1-11-10-19-7-8-22(11)15(23)13-9-12(5-6-14(13)18)20-16(24)21-17(2,3)4/h5-6,9,11,19H,7-8,10H2,1-4H3,(H2,20,21,24)/t11-/m1/s1. The highest BCUT2D eigenvalue weighted by Gasteiger charge is 2.26. The second-order valence-corrected chi connectivity index (χ2v) is 7.48. The molecule has 0 radical (unpaired) electrons. The third-order valence-corrected chi connectivity index (χ3v) is 4.03. The van der Waals surface area contributed by atoms with E-state index in [0.29, 0.717) is 22.8 Å². The van der Waals surface area contributed by atoms with Crippen LogP contribution in [0.15, 0.2) is 18.2 Å². The second-order valence-electron chi connectivity index (χ2n) is 7.08. The van der Waals surface area contributed by atoms with Crippen LogP contribution in [-0.2, 0) is 0 Å². The van der Waals surface area contributed by atoms with Crippen LogP contribution in [-0.4, -0.2) is 48.1 Å². The molecule has 24 heavy (non-hydrogen) atoms. The Bertz CT molecular complexity index is 628. The van der Waals surface area contributed by atoms with Crippen LogP contribution in [0, 0.1) is 0 Å². The molecule has 1 atom stereocenters. The Morgan fingerprint density at radius 3 is 2.67 bits per heavy atom. The van der Waals surface area contributed by atoms with Crippen LogP contribution in [0.25, 0.3) is 0 Å². The lowest BCUT2D eigenvalue weighted by atomic mass is 10.1. The molecule has 3 N–H and O–H groups in total. The second kappa shape index (κ2) is 7.40. The molecule has 132 valence electrons. The maximum Gasteiger partial charge on any atom is 0.319 e. The summed E-state index contributed by atoms with van der Waals surface area (Å²) in [6, 6.07) is 4.72. The Kier molecular flexibility index (Phi) is 5.72. The monoisotopic (exact) mass is 352 g/mol. The van der Waals surface area contributed by atoms with Gasteiger partial charge in [-0.15, -0.1) is 0 Å². The fourth-order valence-corrected chi connectivity index (χ4v) is 2.77. The number of hydrogen-bond acceptors (Lipinski definition) is 3. The molecule has 0 bridgehead atoms. The van der Waals surface area contributed by atoms with Gasteiger partial charge in [-0.25, -0.2) is 4.79 Å². The molecule has 2 rings (SSSR count). The van der Waals surface area contributed by atoms with E-state index in [-0.39, 0.29) is 23.5 Å². The smallest absolute Gasteiger partial charge is 0.319 e. The van der Waals surface area contributed by atoms with Crippen LogP contribution in [0.3, 0.4) is 0 Å². The largest absolute Gasteiger partial charge is 0.333 e. The van der Waals surface area contributed by atoms with E-state index in [4.69, 9.17) is 11.6 Å². The van der Waals surface area contributed by atoms with E-state index in [1.807, 2.05) is 27.7 Å². The summed E-state index contributed by atoms with van der Waals surface area (Å²) >= 11 is 6.21. The minimum atomic E-state index is -0.342. The van der Waals surface area contributed by atoms with E-state index in [1.165, 1.54) is 0 Å². The highest BCUT2D eigenvalue weighted by Crippen LogP contribution is 2.23. The number of hydrogen-bond donors (Lipinski definition) is 3. The summed E-state index contributed by atoms with van der Waals surface area (Å²) in [7, 11) is 0. The molecule has 1 aromatic carbocycles. The molecule has 7 heteroatoms. The van der Waals surface area contributed by atoms with Crippen molar-refractivity contribution in [2.24, 2.45) is 0 Å². The van der Waals surface area contributed by atoms with E-state index in [9.17, 15) is 9.59 Å². The minimum absolute atomic E-state index is 0.100. The van der Waals surface area contributed by atoms with Crippen LogP contribution in [0.4, 0.5) is 10.5 Å². The summed E-state index contributed by atoms with van der Waals surface area (Å²) in [6.45, 7) is 9.85. The molecule has 3 amide bonds. The Hall–Kier alpha value is -1.79. The summed E-state index contributed by atoms with van der Waals surface area (Å²) < 4.78 is 0. The van der Waals surface area contributed by atoms with Crippen LogP contribution in [0.2, 0.25) is 5.02 Å². The predicted molar refractivity (Wildman–Crippen MR) is 96.7 cm³/mol. The molecular formula is C17H25ClN4O2. The number of benzene rings is 1. The number of halogens is 1. The van der Waals surface area contributed by atoms with Gasteiger partial charge >= 0.3 is 6.03 Å². The topological polar surface area (TPSA) is 73.5 Å². The van der Waals surface area contributed by atoms with E-state index in [2.05, 4.69) is 16.0 Å². The molecule has 0 aromatic heterocycles. The molecule has 1 heterocycles. The van der Waals surface area contributed by atoms with E-state index in [0.717, 1.165) is 13.1 Å². The van der Waals surface area contributed by atoms with Gasteiger partial charge in [0.25, 0.3) is 5.91 Å². The summed E-state index contributed by atoms with van der Waals surface area (Å²) in [5.74, 6) is -0.117. The molecule has 6 nitrogen and oxygen atoms in total. The zero-order chi connectivity index (χ0) is 17.9. The summed E-state index contributed by atoms with van der Waals surface area (Å²) in [5, 5.41) is 9.19. The van der Waals surface area contributed by atoms with Gasteiger partial charge in [0, 0.05) is 36.9 Å². The van der Waals surface area contributed by atoms with Crippen molar-refractivity contribution in [3.05, 3.63) is 28.8 Å². The lowest BCUT2D eigenvalue weighted by Gasteiger charge is -2.34. The average molecular weight is 353 g/mol. The predicted octanol–water partition coefficient (Wildman–Crippen LogP) is 2.69. The first-order chi connectivity index (χ1) is 11.2. The van der Waals surface area contributed by atoms with Crippen molar-refractivity contribution in [2.75, 3.05) is 25.0 Å².